The Morgan fingerprint density at radius 2 is 1.96 bits per heavy atom. The lowest BCUT2D eigenvalue weighted by atomic mass is 10.2. The molecule has 1 aromatic heterocycles. The molecule has 0 saturated heterocycles. The highest BCUT2D eigenvalue weighted by atomic mass is 32.2. The number of rotatable bonds is 6. The minimum absolute atomic E-state index is 0.114. The Bertz CT molecular complexity index is 872. The molecule has 1 atom stereocenters. The lowest BCUT2D eigenvalue weighted by molar-refractivity contribution is 0.0508. The van der Waals surface area contributed by atoms with Crippen molar-refractivity contribution in [3.05, 3.63) is 42.1 Å². The SMILES string of the molecule is CC[C@@H](CS(=O)(=O)Cc1cnc2ccccc2c1)NC(=O)OC(C)(C)C. The molecule has 2 aromatic rings. The number of aromatic nitrogens is 1. The van der Waals surface area contributed by atoms with Crippen LogP contribution in [0.1, 0.15) is 39.7 Å². The monoisotopic (exact) mass is 378 g/mol. The van der Waals surface area contributed by atoms with E-state index < -0.39 is 27.6 Å². The molecule has 2 rings (SSSR count). The van der Waals surface area contributed by atoms with Crippen molar-refractivity contribution in [3.8, 4) is 0 Å². The summed E-state index contributed by atoms with van der Waals surface area (Å²) in [5, 5.41) is 3.54. The van der Waals surface area contributed by atoms with E-state index in [-0.39, 0.29) is 11.5 Å². The largest absolute Gasteiger partial charge is 0.444 e. The third-order valence-corrected chi connectivity index (χ3v) is 5.39. The number of carbonyl (C=O) groups is 1. The first-order valence-corrected chi connectivity index (χ1v) is 10.4. The van der Waals surface area contributed by atoms with Gasteiger partial charge in [0.25, 0.3) is 0 Å². The minimum atomic E-state index is -3.41. The van der Waals surface area contributed by atoms with Gasteiger partial charge in [-0.15, -0.1) is 0 Å². The van der Waals surface area contributed by atoms with Gasteiger partial charge in [0.2, 0.25) is 0 Å². The summed E-state index contributed by atoms with van der Waals surface area (Å²) in [7, 11) is -3.41. The maximum atomic E-state index is 12.6. The molecule has 1 heterocycles. The van der Waals surface area contributed by atoms with Crippen molar-refractivity contribution in [1.82, 2.24) is 10.3 Å². The number of amides is 1. The fraction of sp³-hybridized carbons (Fsp3) is 0.474. The zero-order chi connectivity index (χ0) is 19.4. The van der Waals surface area contributed by atoms with Gasteiger partial charge >= 0.3 is 6.09 Å². The van der Waals surface area contributed by atoms with Crippen molar-refractivity contribution in [2.24, 2.45) is 0 Å². The molecule has 6 nitrogen and oxygen atoms in total. The Morgan fingerprint density at radius 3 is 2.62 bits per heavy atom. The summed E-state index contributed by atoms with van der Waals surface area (Å²) in [5.74, 6) is -0.257. The molecule has 0 radical (unpaired) electrons. The van der Waals surface area contributed by atoms with Crippen molar-refractivity contribution >= 4 is 26.8 Å². The number of pyridine rings is 1. The van der Waals surface area contributed by atoms with Crippen LogP contribution in [0.15, 0.2) is 36.5 Å². The highest BCUT2D eigenvalue weighted by Crippen LogP contribution is 2.16. The number of nitrogens with zero attached hydrogens (tertiary/aromatic N) is 1. The van der Waals surface area contributed by atoms with Gasteiger partial charge in [-0.05, 0) is 44.9 Å². The summed E-state index contributed by atoms with van der Waals surface area (Å²) in [4.78, 5) is 16.2. The molecule has 0 fully saturated rings. The Balaban J connectivity index is 2.04. The van der Waals surface area contributed by atoms with Crippen LogP contribution in [-0.2, 0) is 20.3 Å². The van der Waals surface area contributed by atoms with Crippen LogP contribution in [0.4, 0.5) is 4.79 Å². The molecule has 1 N–H and O–H groups in total. The van der Waals surface area contributed by atoms with Crippen LogP contribution < -0.4 is 5.32 Å². The number of hydrogen-bond donors (Lipinski definition) is 1. The van der Waals surface area contributed by atoms with Crippen LogP contribution in [0, 0.1) is 0 Å². The number of carbonyl (C=O) groups excluding carboxylic acids is 1. The van der Waals surface area contributed by atoms with E-state index in [4.69, 9.17) is 4.74 Å². The van der Waals surface area contributed by atoms with Crippen LogP contribution in [0.3, 0.4) is 0 Å². The molecule has 0 saturated carbocycles. The number of fused-ring (bicyclic) bond motifs is 1. The molecule has 0 aliphatic rings. The van der Waals surface area contributed by atoms with Gasteiger partial charge < -0.3 is 10.1 Å². The van der Waals surface area contributed by atoms with Gasteiger partial charge in [0.1, 0.15) is 5.60 Å². The molecule has 0 bridgehead atoms. The van der Waals surface area contributed by atoms with E-state index in [0.29, 0.717) is 12.0 Å². The first kappa shape index (κ1) is 20.2. The van der Waals surface area contributed by atoms with Crippen LogP contribution in [0.5, 0.6) is 0 Å². The molecule has 1 aromatic carbocycles. The molecule has 0 aliphatic carbocycles. The molecule has 1 amide bonds. The molecule has 0 aliphatic heterocycles. The fourth-order valence-electron chi connectivity index (χ4n) is 2.55. The van der Waals surface area contributed by atoms with Gasteiger partial charge in [-0.25, -0.2) is 13.2 Å². The summed E-state index contributed by atoms with van der Waals surface area (Å²) >= 11 is 0. The quantitative estimate of drug-likeness (QED) is 0.832. The van der Waals surface area contributed by atoms with Crippen molar-refractivity contribution in [2.45, 2.75) is 51.5 Å². The summed E-state index contributed by atoms with van der Waals surface area (Å²) in [5.41, 5.74) is 0.834. The number of para-hydroxylation sites is 1. The molecule has 0 spiro atoms. The van der Waals surface area contributed by atoms with Gasteiger partial charge in [-0.3, -0.25) is 4.98 Å². The van der Waals surface area contributed by atoms with Gasteiger partial charge in [-0.2, -0.15) is 0 Å². The third kappa shape index (κ3) is 6.29. The average molecular weight is 378 g/mol. The lowest BCUT2D eigenvalue weighted by Gasteiger charge is -2.23. The van der Waals surface area contributed by atoms with E-state index in [9.17, 15) is 13.2 Å². The number of hydrogen-bond acceptors (Lipinski definition) is 5. The Labute approximate surface area is 154 Å². The fourth-order valence-corrected chi connectivity index (χ4v) is 4.27. The van der Waals surface area contributed by atoms with Gasteiger partial charge in [0.05, 0.1) is 17.0 Å². The molecular weight excluding hydrogens is 352 g/mol. The molecular formula is C19H26N2O4S. The second kappa shape index (κ2) is 8.03. The number of ether oxygens (including phenoxy) is 1. The standard InChI is InChI=1S/C19H26N2O4S/c1-5-16(21-18(22)25-19(2,3)4)13-26(23,24)12-14-10-15-8-6-7-9-17(15)20-11-14/h6-11,16H,5,12-13H2,1-4H3,(H,21,22)/t16-/m0/s1. The molecule has 0 unspecified atom stereocenters. The third-order valence-electron chi connectivity index (χ3n) is 3.70. The molecule has 7 heteroatoms. The maximum Gasteiger partial charge on any atom is 0.407 e. The maximum absolute atomic E-state index is 12.6. The van der Waals surface area contributed by atoms with E-state index in [2.05, 4.69) is 10.3 Å². The van der Waals surface area contributed by atoms with Gasteiger partial charge in [0.15, 0.2) is 9.84 Å². The van der Waals surface area contributed by atoms with Crippen LogP contribution in [-0.4, -0.2) is 36.9 Å². The Kier molecular flexibility index (Phi) is 6.23. The smallest absolute Gasteiger partial charge is 0.407 e. The number of benzene rings is 1. The number of alkyl carbamates (subject to hydrolysis) is 1. The summed E-state index contributed by atoms with van der Waals surface area (Å²) in [6.45, 7) is 7.11. The summed E-state index contributed by atoms with van der Waals surface area (Å²) < 4.78 is 30.3. The number of sulfone groups is 1. The van der Waals surface area contributed by atoms with E-state index in [1.54, 1.807) is 27.0 Å². The van der Waals surface area contributed by atoms with Gasteiger partial charge in [0, 0.05) is 17.6 Å². The highest BCUT2D eigenvalue weighted by molar-refractivity contribution is 7.90. The predicted molar refractivity (Wildman–Crippen MR) is 103 cm³/mol. The van der Waals surface area contributed by atoms with Crippen molar-refractivity contribution in [3.63, 3.8) is 0 Å². The lowest BCUT2D eigenvalue weighted by Crippen LogP contribution is -2.42. The van der Waals surface area contributed by atoms with Crippen LogP contribution in [0.2, 0.25) is 0 Å². The normalized spacial score (nSPS) is 13.4. The zero-order valence-corrected chi connectivity index (χ0v) is 16.5. The van der Waals surface area contributed by atoms with E-state index in [1.807, 2.05) is 37.3 Å². The summed E-state index contributed by atoms with van der Waals surface area (Å²) in [6.07, 6.45) is 1.48. The van der Waals surface area contributed by atoms with Crippen molar-refractivity contribution in [1.29, 1.82) is 0 Å². The average Bonchev–Trinajstić information content (AvgIpc) is 2.51. The Morgan fingerprint density at radius 1 is 1.27 bits per heavy atom. The van der Waals surface area contributed by atoms with Crippen LogP contribution >= 0.6 is 0 Å². The van der Waals surface area contributed by atoms with E-state index in [1.165, 1.54) is 0 Å². The van der Waals surface area contributed by atoms with E-state index >= 15 is 0 Å². The summed E-state index contributed by atoms with van der Waals surface area (Å²) in [6, 6.07) is 8.90. The van der Waals surface area contributed by atoms with Crippen molar-refractivity contribution in [2.75, 3.05) is 5.75 Å². The molecule has 142 valence electrons. The second-order valence-electron chi connectivity index (χ2n) is 7.34. The first-order valence-electron chi connectivity index (χ1n) is 8.61. The molecule has 26 heavy (non-hydrogen) atoms. The topological polar surface area (TPSA) is 85.4 Å². The predicted octanol–water partition coefficient (Wildman–Crippen LogP) is 3.45. The minimum Gasteiger partial charge on any atom is -0.444 e. The second-order valence-corrected chi connectivity index (χ2v) is 9.45. The Hall–Kier alpha value is -2.15. The van der Waals surface area contributed by atoms with E-state index in [0.717, 1.165) is 10.9 Å². The number of nitrogens with one attached hydrogen (secondary N) is 1. The van der Waals surface area contributed by atoms with Gasteiger partial charge in [-0.1, -0.05) is 25.1 Å². The highest BCUT2D eigenvalue weighted by Gasteiger charge is 2.23. The zero-order valence-electron chi connectivity index (χ0n) is 15.7. The van der Waals surface area contributed by atoms with Crippen LogP contribution in [0.25, 0.3) is 10.9 Å². The first-order chi connectivity index (χ1) is 12.1. The van der Waals surface area contributed by atoms with Crippen molar-refractivity contribution < 1.29 is 17.9 Å².